The Kier molecular flexibility index (Phi) is 12.6. The summed E-state index contributed by atoms with van der Waals surface area (Å²) in [5, 5.41) is 22.8. The molecule has 1 fully saturated rings. The van der Waals surface area contributed by atoms with Gasteiger partial charge in [-0.2, -0.15) is 0 Å². The van der Waals surface area contributed by atoms with Gasteiger partial charge in [0.05, 0.1) is 12.2 Å². The molecule has 1 saturated heterocycles. The highest BCUT2D eigenvalue weighted by atomic mass is 16.2. The van der Waals surface area contributed by atoms with Crippen LogP contribution in [-0.4, -0.2) is 93.7 Å². The van der Waals surface area contributed by atoms with Gasteiger partial charge in [0, 0.05) is 32.3 Å². The molecule has 0 aliphatic carbocycles. The molecule has 14 heteroatoms. The van der Waals surface area contributed by atoms with E-state index in [1.807, 2.05) is 44.2 Å². The smallest absolute Gasteiger partial charge is 0.246 e. The quantitative estimate of drug-likeness (QED) is 0.269. The number of likely N-dealkylation sites (N-methyl/N-ethyl adjacent to an activating group) is 1. The monoisotopic (exact) mass is 637 g/mol. The fraction of sp³-hybridized carbons (Fsp3) is 0.594. The fourth-order valence-electron chi connectivity index (χ4n) is 5.87. The number of carbonyl (C=O) groups excluding carboxylic acids is 5. The third-order valence-electron chi connectivity index (χ3n) is 8.67. The predicted octanol–water partition coefficient (Wildman–Crippen LogP) is 0.0318. The number of nitrogens with one attached hydrogen (secondary N) is 5. The molecule has 2 aliphatic heterocycles. The number of fused-ring (bicyclic) bond motifs is 3. The molecular formula is C32H47N9O5. The molecule has 14 nitrogen and oxygen atoms in total. The van der Waals surface area contributed by atoms with Crippen LogP contribution in [0, 0.1) is 5.92 Å². The van der Waals surface area contributed by atoms with Gasteiger partial charge in [0.25, 0.3) is 0 Å². The average molecular weight is 638 g/mol. The van der Waals surface area contributed by atoms with E-state index < -0.39 is 41.9 Å². The lowest BCUT2D eigenvalue weighted by Crippen LogP contribution is -2.59. The summed E-state index contributed by atoms with van der Waals surface area (Å²) < 4.78 is 1.67. The Balaban J connectivity index is 1.59. The molecule has 3 heterocycles. The zero-order valence-corrected chi connectivity index (χ0v) is 27.0. The Morgan fingerprint density at radius 3 is 2.54 bits per heavy atom. The summed E-state index contributed by atoms with van der Waals surface area (Å²) >= 11 is 0. The molecule has 1 aromatic carbocycles. The molecule has 0 spiro atoms. The van der Waals surface area contributed by atoms with Gasteiger partial charge < -0.3 is 31.5 Å². The van der Waals surface area contributed by atoms with Crippen LogP contribution in [-0.2, 0) is 43.5 Å². The first-order valence-corrected chi connectivity index (χ1v) is 16.3. The van der Waals surface area contributed by atoms with E-state index >= 15 is 0 Å². The number of aromatic nitrogens is 3. The molecule has 250 valence electrons. The van der Waals surface area contributed by atoms with E-state index in [2.05, 4.69) is 36.9 Å². The number of nitrogens with zero attached hydrogens (tertiary/aromatic N) is 4. The molecule has 2 aromatic rings. The Bertz CT molecular complexity index is 1350. The largest absolute Gasteiger partial charge is 0.350 e. The lowest BCUT2D eigenvalue weighted by atomic mass is 9.96. The van der Waals surface area contributed by atoms with Gasteiger partial charge in [-0.05, 0) is 50.6 Å². The van der Waals surface area contributed by atoms with E-state index in [-0.39, 0.29) is 30.7 Å². The summed E-state index contributed by atoms with van der Waals surface area (Å²) in [7, 11) is 1.64. The minimum absolute atomic E-state index is 0.0252. The highest BCUT2D eigenvalue weighted by Crippen LogP contribution is 2.21. The van der Waals surface area contributed by atoms with E-state index in [0.29, 0.717) is 63.9 Å². The van der Waals surface area contributed by atoms with Crippen molar-refractivity contribution >= 4 is 29.5 Å². The van der Waals surface area contributed by atoms with Crippen molar-refractivity contribution in [3.8, 4) is 0 Å². The normalized spacial score (nSPS) is 23.7. The Morgan fingerprint density at radius 1 is 1.02 bits per heavy atom. The van der Waals surface area contributed by atoms with Crippen LogP contribution >= 0.6 is 0 Å². The third kappa shape index (κ3) is 9.35. The van der Waals surface area contributed by atoms with Gasteiger partial charge in [0.2, 0.25) is 29.5 Å². The maximum Gasteiger partial charge on any atom is 0.246 e. The predicted molar refractivity (Wildman–Crippen MR) is 170 cm³/mol. The number of carbonyl (C=O) groups is 5. The second kappa shape index (κ2) is 16.8. The van der Waals surface area contributed by atoms with Gasteiger partial charge in [-0.25, -0.2) is 0 Å². The highest BCUT2D eigenvalue weighted by molar-refractivity contribution is 5.96. The van der Waals surface area contributed by atoms with Gasteiger partial charge in [0.15, 0.2) is 0 Å². The van der Waals surface area contributed by atoms with E-state index in [1.165, 1.54) is 4.90 Å². The van der Waals surface area contributed by atoms with E-state index in [4.69, 9.17) is 0 Å². The first-order valence-electron chi connectivity index (χ1n) is 16.3. The zero-order valence-electron chi connectivity index (χ0n) is 27.0. The van der Waals surface area contributed by atoms with E-state index in [0.717, 1.165) is 5.56 Å². The van der Waals surface area contributed by atoms with E-state index in [1.54, 1.807) is 17.9 Å². The first-order chi connectivity index (χ1) is 22.2. The molecule has 1 aromatic heterocycles. The summed E-state index contributed by atoms with van der Waals surface area (Å²) in [6, 6.07) is 6.06. The lowest BCUT2D eigenvalue weighted by Gasteiger charge is -2.31. The van der Waals surface area contributed by atoms with Gasteiger partial charge in [0.1, 0.15) is 24.2 Å². The number of benzene rings is 1. The third-order valence-corrected chi connectivity index (χ3v) is 8.67. The van der Waals surface area contributed by atoms with Crippen molar-refractivity contribution in [3.05, 3.63) is 47.8 Å². The summed E-state index contributed by atoms with van der Waals surface area (Å²) in [5.41, 5.74) is 1.47. The number of hydrogen-bond donors (Lipinski definition) is 5. The van der Waals surface area contributed by atoms with Crippen molar-refractivity contribution in [2.45, 2.75) is 96.1 Å². The number of aryl methyl sites for hydroxylation is 1. The minimum Gasteiger partial charge on any atom is -0.350 e. The summed E-state index contributed by atoms with van der Waals surface area (Å²) in [5.74, 6) is -2.17. The molecule has 0 radical (unpaired) electrons. The van der Waals surface area contributed by atoms with Crippen LogP contribution in [0.4, 0.5) is 0 Å². The molecule has 5 amide bonds. The first kappa shape index (κ1) is 34.5. The molecule has 5 unspecified atom stereocenters. The summed E-state index contributed by atoms with van der Waals surface area (Å²) in [4.78, 5) is 68.8. The maximum atomic E-state index is 13.9. The molecule has 0 saturated carbocycles. The maximum absolute atomic E-state index is 13.9. The Hall–Kier alpha value is -4.33. The van der Waals surface area contributed by atoms with Crippen LogP contribution in [0.1, 0.15) is 63.6 Å². The zero-order chi connectivity index (χ0) is 33.1. The molecule has 2 bridgehead atoms. The molecule has 5 atom stereocenters. The van der Waals surface area contributed by atoms with Crippen LogP contribution < -0.4 is 26.6 Å². The number of hydrogen-bond acceptors (Lipinski definition) is 8. The van der Waals surface area contributed by atoms with Crippen LogP contribution in [0.3, 0.4) is 0 Å². The topological polar surface area (TPSA) is 179 Å². The van der Waals surface area contributed by atoms with Crippen molar-refractivity contribution in [2.75, 3.05) is 20.1 Å². The van der Waals surface area contributed by atoms with Crippen molar-refractivity contribution in [3.63, 3.8) is 0 Å². The van der Waals surface area contributed by atoms with Crippen LogP contribution in [0.2, 0.25) is 0 Å². The molecule has 4 rings (SSSR count). The highest BCUT2D eigenvalue weighted by Gasteiger charge is 2.40. The Morgan fingerprint density at radius 2 is 1.80 bits per heavy atom. The molecular weight excluding hydrogens is 590 g/mol. The van der Waals surface area contributed by atoms with Gasteiger partial charge in [-0.1, -0.05) is 55.8 Å². The number of amides is 5. The van der Waals surface area contributed by atoms with Gasteiger partial charge >= 0.3 is 0 Å². The van der Waals surface area contributed by atoms with Crippen LogP contribution in [0.5, 0.6) is 0 Å². The lowest BCUT2D eigenvalue weighted by molar-refractivity contribution is -0.142. The summed E-state index contributed by atoms with van der Waals surface area (Å²) in [6.07, 6.45) is 5.13. The Labute approximate surface area is 269 Å². The van der Waals surface area contributed by atoms with Crippen LogP contribution in [0.25, 0.3) is 0 Å². The van der Waals surface area contributed by atoms with Crippen molar-refractivity contribution in [2.24, 2.45) is 5.92 Å². The van der Waals surface area contributed by atoms with Gasteiger partial charge in [-0.3, -0.25) is 28.7 Å². The van der Waals surface area contributed by atoms with Crippen molar-refractivity contribution < 1.29 is 24.0 Å². The average Bonchev–Trinajstić information content (AvgIpc) is 3.73. The second-order valence-corrected chi connectivity index (χ2v) is 12.1. The van der Waals surface area contributed by atoms with Gasteiger partial charge in [-0.15, -0.1) is 5.10 Å². The minimum atomic E-state index is -0.942. The van der Waals surface area contributed by atoms with Crippen LogP contribution in [0.15, 0.2) is 36.5 Å². The molecule has 2 aliphatic rings. The number of rotatable bonds is 8. The molecule has 5 N–H and O–H groups in total. The van der Waals surface area contributed by atoms with Crippen molar-refractivity contribution in [1.82, 2.24) is 46.5 Å². The standard InChI is InChI=1S/C32H47N9O5/c1-4-21(2)28-31(45)36-24(29(43)34-18-22-11-6-5-7-12-22)13-8-9-15-40-20-23(38-39-40)17-25(35-27(42)19-33-3)32(46)41-16-10-14-26(41)30(44)37-28/h5-7,11-12,20-21,24-26,28,33H,4,8-10,13-19H2,1-3H3,(H,34,43)(H,35,42)(H,36,45)(H,37,44). The fourth-order valence-corrected chi connectivity index (χ4v) is 5.87. The van der Waals surface area contributed by atoms with Crippen molar-refractivity contribution in [1.29, 1.82) is 0 Å². The van der Waals surface area contributed by atoms with E-state index in [9.17, 15) is 24.0 Å². The second-order valence-electron chi connectivity index (χ2n) is 12.1. The summed E-state index contributed by atoms with van der Waals surface area (Å²) in [6.45, 7) is 5.00. The molecule has 46 heavy (non-hydrogen) atoms. The SMILES string of the molecule is CCC(C)C1NC(=O)C2CCCN2C(=O)C(NC(=O)CNC)Cc2cn(nn2)CCCCC(C(=O)NCc2ccccc2)NC1=O.